The van der Waals surface area contributed by atoms with Crippen LogP contribution in [0, 0.1) is 0 Å². The van der Waals surface area contributed by atoms with Crippen molar-refractivity contribution in [3.8, 4) is 0 Å². The number of aromatic nitrogens is 5. The van der Waals surface area contributed by atoms with E-state index in [4.69, 9.17) is 4.98 Å². The minimum atomic E-state index is 0.274. The Morgan fingerprint density at radius 2 is 1.74 bits per heavy atom. The lowest BCUT2D eigenvalue weighted by Crippen LogP contribution is -2.37. The molecule has 4 aromatic rings. The average molecular weight is 356 g/mol. The van der Waals surface area contributed by atoms with Gasteiger partial charge in [-0.2, -0.15) is 0 Å². The molecule has 0 aliphatic carbocycles. The van der Waals surface area contributed by atoms with Crippen molar-refractivity contribution in [2.24, 2.45) is 0 Å². The average Bonchev–Trinajstić information content (AvgIpc) is 3.11. The Balaban J connectivity index is 1.44. The number of hydrogen-bond donors (Lipinski definition) is 0. The second-order valence-electron chi connectivity index (χ2n) is 7.01. The van der Waals surface area contributed by atoms with Crippen LogP contribution in [-0.2, 0) is 13.0 Å². The Morgan fingerprint density at radius 1 is 0.963 bits per heavy atom. The maximum absolute atomic E-state index is 4.79. The molecule has 6 heteroatoms. The quantitative estimate of drug-likeness (QED) is 0.563. The molecule has 0 fully saturated rings. The van der Waals surface area contributed by atoms with Crippen molar-refractivity contribution in [2.45, 2.75) is 25.9 Å². The highest BCUT2D eigenvalue weighted by molar-refractivity contribution is 5.75. The summed E-state index contributed by atoms with van der Waals surface area (Å²) in [5.74, 6) is 2.89. The molecule has 2 aromatic heterocycles. The lowest BCUT2D eigenvalue weighted by molar-refractivity contribution is 0.450. The highest BCUT2D eigenvalue weighted by Gasteiger charge is 2.27. The van der Waals surface area contributed by atoms with Crippen molar-refractivity contribution in [3.63, 3.8) is 0 Å². The fraction of sp³-hybridized carbons (Fsp3) is 0.238. The van der Waals surface area contributed by atoms with Gasteiger partial charge in [0, 0.05) is 13.0 Å². The van der Waals surface area contributed by atoms with Gasteiger partial charge in [0.1, 0.15) is 11.6 Å². The molecule has 0 saturated heterocycles. The van der Waals surface area contributed by atoms with Gasteiger partial charge in [-0.15, -0.1) is 10.2 Å². The summed E-state index contributed by atoms with van der Waals surface area (Å²) in [6.45, 7) is 3.76. The van der Waals surface area contributed by atoms with Gasteiger partial charge in [-0.3, -0.25) is 4.98 Å². The van der Waals surface area contributed by atoms with Crippen molar-refractivity contribution in [1.82, 2.24) is 24.7 Å². The molecular weight excluding hydrogens is 336 g/mol. The number of benzene rings is 2. The van der Waals surface area contributed by atoms with Crippen molar-refractivity contribution in [3.05, 3.63) is 78.0 Å². The summed E-state index contributed by atoms with van der Waals surface area (Å²) in [6.07, 6.45) is 2.65. The maximum atomic E-state index is 4.79. The van der Waals surface area contributed by atoms with Crippen LogP contribution < -0.4 is 4.90 Å². The molecule has 0 amide bonds. The summed E-state index contributed by atoms with van der Waals surface area (Å²) in [7, 11) is 0. The van der Waals surface area contributed by atoms with Crippen LogP contribution in [0.5, 0.6) is 0 Å². The number of para-hydroxylation sites is 2. The second kappa shape index (κ2) is 6.46. The van der Waals surface area contributed by atoms with Crippen molar-refractivity contribution in [2.75, 3.05) is 11.4 Å². The summed E-state index contributed by atoms with van der Waals surface area (Å²) < 4.78 is 2.28. The van der Waals surface area contributed by atoms with Crippen molar-refractivity contribution in [1.29, 1.82) is 0 Å². The molecular formula is C21H20N6. The molecule has 0 unspecified atom stereocenters. The topological polar surface area (TPSA) is 59.7 Å². The van der Waals surface area contributed by atoms with Gasteiger partial charge in [-0.1, -0.05) is 42.5 Å². The van der Waals surface area contributed by atoms with E-state index in [1.807, 2.05) is 36.5 Å². The molecule has 2 aromatic carbocycles. The van der Waals surface area contributed by atoms with Gasteiger partial charge >= 0.3 is 0 Å². The molecule has 1 aliphatic rings. The second-order valence-corrected chi connectivity index (χ2v) is 7.01. The molecule has 1 aliphatic heterocycles. The highest BCUT2D eigenvalue weighted by Crippen LogP contribution is 2.26. The van der Waals surface area contributed by atoms with E-state index < -0.39 is 0 Å². The van der Waals surface area contributed by atoms with E-state index in [-0.39, 0.29) is 6.04 Å². The Bertz CT molecular complexity index is 1090. The van der Waals surface area contributed by atoms with Gasteiger partial charge in [-0.25, -0.2) is 4.98 Å². The zero-order valence-corrected chi connectivity index (χ0v) is 15.2. The zero-order chi connectivity index (χ0) is 18.2. The number of anilines is 1. The van der Waals surface area contributed by atoms with Gasteiger partial charge in [0.05, 0.1) is 29.8 Å². The van der Waals surface area contributed by atoms with Crippen LogP contribution in [0.2, 0.25) is 0 Å². The lowest BCUT2D eigenvalue weighted by atomic mass is 10.1. The normalized spacial score (nSPS) is 16.5. The van der Waals surface area contributed by atoms with Gasteiger partial charge in [0.25, 0.3) is 0 Å². The Morgan fingerprint density at radius 3 is 2.59 bits per heavy atom. The van der Waals surface area contributed by atoms with Gasteiger partial charge in [0.2, 0.25) is 0 Å². The fourth-order valence-corrected chi connectivity index (χ4v) is 3.79. The molecule has 5 rings (SSSR count). The van der Waals surface area contributed by atoms with E-state index in [1.165, 1.54) is 5.56 Å². The van der Waals surface area contributed by atoms with E-state index >= 15 is 0 Å². The zero-order valence-electron chi connectivity index (χ0n) is 15.2. The first kappa shape index (κ1) is 15.9. The molecule has 6 nitrogen and oxygen atoms in total. The predicted molar refractivity (Wildman–Crippen MR) is 105 cm³/mol. The number of nitrogens with zero attached hydrogens (tertiary/aromatic N) is 6. The summed E-state index contributed by atoms with van der Waals surface area (Å²) >= 11 is 0. The number of rotatable bonds is 3. The van der Waals surface area contributed by atoms with Crippen LogP contribution in [0.3, 0.4) is 0 Å². The standard InChI is InChI=1S/C21H20N6/c1-15-13-26(20-12-22-17-9-5-6-10-18(17)23-20)14-21-25-24-19(27(15)21)11-16-7-3-2-4-8-16/h2-10,12,15H,11,13-14H2,1H3/t15-/m0/s1. The molecule has 0 bridgehead atoms. The van der Waals surface area contributed by atoms with Gasteiger partial charge < -0.3 is 9.47 Å². The summed E-state index contributed by atoms with van der Waals surface area (Å²) in [5.41, 5.74) is 3.09. The Labute approximate surface area is 157 Å². The molecule has 0 N–H and O–H groups in total. The lowest BCUT2D eigenvalue weighted by Gasteiger charge is -2.33. The fourth-order valence-electron chi connectivity index (χ4n) is 3.79. The molecule has 1 atom stereocenters. The third-order valence-electron chi connectivity index (χ3n) is 5.06. The van der Waals surface area contributed by atoms with Crippen molar-refractivity contribution >= 4 is 16.9 Å². The third-order valence-corrected chi connectivity index (χ3v) is 5.06. The first-order chi connectivity index (χ1) is 13.3. The summed E-state index contributed by atoms with van der Waals surface area (Å²) in [5, 5.41) is 8.94. The van der Waals surface area contributed by atoms with Crippen LogP contribution in [-0.4, -0.2) is 31.3 Å². The molecule has 27 heavy (non-hydrogen) atoms. The molecule has 134 valence electrons. The first-order valence-corrected chi connectivity index (χ1v) is 9.21. The predicted octanol–water partition coefficient (Wildman–Crippen LogP) is 3.39. The van der Waals surface area contributed by atoms with Crippen LogP contribution >= 0.6 is 0 Å². The number of fused-ring (bicyclic) bond motifs is 2. The molecule has 3 heterocycles. The minimum absolute atomic E-state index is 0.274. The van der Waals surface area contributed by atoms with Crippen LogP contribution in [0.15, 0.2) is 60.8 Å². The van der Waals surface area contributed by atoms with E-state index in [0.29, 0.717) is 6.54 Å². The third kappa shape index (κ3) is 2.93. The molecule has 0 saturated carbocycles. The highest BCUT2D eigenvalue weighted by atomic mass is 15.4. The van der Waals surface area contributed by atoms with E-state index in [1.54, 1.807) is 0 Å². The monoisotopic (exact) mass is 356 g/mol. The number of hydrogen-bond acceptors (Lipinski definition) is 5. The minimum Gasteiger partial charge on any atom is -0.346 e. The van der Waals surface area contributed by atoms with E-state index in [2.05, 4.69) is 55.8 Å². The van der Waals surface area contributed by atoms with Gasteiger partial charge in [0.15, 0.2) is 5.82 Å². The van der Waals surface area contributed by atoms with E-state index in [0.717, 1.165) is 41.5 Å². The SMILES string of the molecule is C[C@H]1CN(c2cnc3ccccc3n2)Cc2nnc(Cc3ccccc3)n21. The Kier molecular flexibility index (Phi) is 3.81. The van der Waals surface area contributed by atoms with E-state index in [9.17, 15) is 0 Å². The molecule has 0 spiro atoms. The first-order valence-electron chi connectivity index (χ1n) is 9.21. The van der Waals surface area contributed by atoms with Crippen LogP contribution in [0.1, 0.15) is 30.2 Å². The Hall–Kier alpha value is -3.28. The largest absolute Gasteiger partial charge is 0.346 e. The van der Waals surface area contributed by atoms with Gasteiger partial charge in [-0.05, 0) is 24.6 Å². The van der Waals surface area contributed by atoms with Crippen LogP contribution in [0.4, 0.5) is 5.82 Å². The maximum Gasteiger partial charge on any atom is 0.152 e. The summed E-state index contributed by atoms with van der Waals surface area (Å²) in [4.78, 5) is 11.6. The molecule has 0 radical (unpaired) electrons. The van der Waals surface area contributed by atoms with Crippen LogP contribution in [0.25, 0.3) is 11.0 Å². The smallest absolute Gasteiger partial charge is 0.152 e. The van der Waals surface area contributed by atoms with Crippen molar-refractivity contribution < 1.29 is 0 Å². The summed E-state index contributed by atoms with van der Waals surface area (Å²) in [6, 6.07) is 18.7.